The van der Waals surface area contributed by atoms with Crippen molar-refractivity contribution in [2.75, 3.05) is 12.1 Å². The summed E-state index contributed by atoms with van der Waals surface area (Å²) >= 11 is 0. The van der Waals surface area contributed by atoms with Crippen LogP contribution in [0.4, 0.5) is 5.95 Å². The number of ether oxygens (including phenoxy) is 2. The van der Waals surface area contributed by atoms with Gasteiger partial charge in [-0.3, -0.25) is 0 Å². The lowest BCUT2D eigenvalue weighted by atomic mass is 10.2. The molecule has 0 atom stereocenters. The molecule has 23 heavy (non-hydrogen) atoms. The summed E-state index contributed by atoms with van der Waals surface area (Å²) in [7, 11) is 0. The second kappa shape index (κ2) is 5.20. The molecule has 0 unspecified atom stereocenters. The molecule has 3 aromatic rings. The Kier molecular flexibility index (Phi) is 3.04. The predicted molar refractivity (Wildman–Crippen MR) is 82.9 cm³/mol. The highest BCUT2D eigenvalue weighted by Crippen LogP contribution is 2.32. The van der Waals surface area contributed by atoms with Crippen LogP contribution in [0.5, 0.6) is 11.5 Å². The fourth-order valence-electron chi connectivity index (χ4n) is 2.46. The number of anilines is 1. The number of carboxylic acid groups (broad SMARTS) is 1. The van der Waals surface area contributed by atoms with E-state index in [2.05, 4.69) is 15.3 Å². The molecular formula is C16H13N3O4. The highest BCUT2D eigenvalue weighted by Gasteiger charge is 2.13. The van der Waals surface area contributed by atoms with Gasteiger partial charge in [0, 0.05) is 6.54 Å². The van der Waals surface area contributed by atoms with E-state index in [4.69, 9.17) is 14.6 Å². The number of fused-ring (bicyclic) bond motifs is 2. The van der Waals surface area contributed by atoms with Crippen LogP contribution in [0.15, 0.2) is 36.4 Å². The molecule has 7 nitrogen and oxygen atoms in total. The third-order valence-electron chi connectivity index (χ3n) is 3.63. The summed E-state index contributed by atoms with van der Waals surface area (Å²) in [5.41, 5.74) is 2.64. The van der Waals surface area contributed by atoms with Gasteiger partial charge in [0.25, 0.3) is 0 Å². The van der Waals surface area contributed by atoms with Crippen molar-refractivity contribution in [1.29, 1.82) is 0 Å². The number of carboxylic acids is 1. The molecule has 0 aliphatic carbocycles. The molecule has 1 aliphatic heterocycles. The lowest BCUT2D eigenvalue weighted by Gasteiger charge is -2.04. The maximum atomic E-state index is 11.0. The Morgan fingerprint density at radius 3 is 2.96 bits per heavy atom. The molecular weight excluding hydrogens is 298 g/mol. The fourth-order valence-corrected chi connectivity index (χ4v) is 2.46. The number of aromatic nitrogens is 2. The van der Waals surface area contributed by atoms with Gasteiger partial charge in [0.1, 0.15) is 0 Å². The number of imidazole rings is 1. The third-order valence-corrected chi connectivity index (χ3v) is 3.63. The first-order valence-corrected chi connectivity index (χ1v) is 7.04. The van der Waals surface area contributed by atoms with Crippen molar-refractivity contribution in [3.05, 3.63) is 47.5 Å². The molecule has 116 valence electrons. The van der Waals surface area contributed by atoms with E-state index in [0.29, 0.717) is 23.5 Å². The average molecular weight is 311 g/mol. The smallest absolute Gasteiger partial charge is 0.335 e. The number of aromatic carboxylic acids is 1. The van der Waals surface area contributed by atoms with Crippen LogP contribution in [0, 0.1) is 0 Å². The van der Waals surface area contributed by atoms with Crippen molar-refractivity contribution >= 4 is 23.0 Å². The van der Waals surface area contributed by atoms with Crippen LogP contribution in [0.1, 0.15) is 15.9 Å². The van der Waals surface area contributed by atoms with Gasteiger partial charge in [-0.1, -0.05) is 6.07 Å². The summed E-state index contributed by atoms with van der Waals surface area (Å²) in [5, 5.41) is 12.2. The molecule has 3 N–H and O–H groups in total. The number of hydrogen-bond acceptors (Lipinski definition) is 5. The van der Waals surface area contributed by atoms with Crippen molar-refractivity contribution in [3.63, 3.8) is 0 Å². The molecule has 0 saturated carbocycles. The van der Waals surface area contributed by atoms with Crippen LogP contribution in [0.25, 0.3) is 11.0 Å². The maximum Gasteiger partial charge on any atom is 0.335 e. The number of H-pyrrole nitrogens is 1. The van der Waals surface area contributed by atoms with Gasteiger partial charge in [0.05, 0.1) is 16.6 Å². The Bertz CT molecular complexity index is 903. The van der Waals surface area contributed by atoms with Gasteiger partial charge in [-0.15, -0.1) is 0 Å². The lowest BCUT2D eigenvalue weighted by Crippen LogP contribution is -2.00. The maximum absolute atomic E-state index is 11.0. The minimum absolute atomic E-state index is 0.225. The van der Waals surface area contributed by atoms with Crippen molar-refractivity contribution in [2.45, 2.75) is 6.54 Å². The van der Waals surface area contributed by atoms with Crippen LogP contribution in [0.2, 0.25) is 0 Å². The number of benzene rings is 2. The van der Waals surface area contributed by atoms with Crippen LogP contribution < -0.4 is 14.8 Å². The summed E-state index contributed by atoms with van der Waals surface area (Å²) in [6, 6.07) is 10.5. The van der Waals surface area contributed by atoms with Crippen LogP contribution >= 0.6 is 0 Å². The quantitative estimate of drug-likeness (QED) is 0.685. The Morgan fingerprint density at radius 2 is 2.09 bits per heavy atom. The Morgan fingerprint density at radius 1 is 1.22 bits per heavy atom. The average Bonchev–Trinajstić information content (AvgIpc) is 3.17. The molecule has 2 heterocycles. The molecule has 0 amide bonds. The summed E-state index contributed by atoms with van der Waals surface area (Å²) in [6.45, 7) is 0.809. The Labute approximate surface area is 130 Å². The van der Waals surface area contributed by atoms with E-state index < -0.39 is 5.97 Å². The molecule has 0 spiro atoms. The minimum atomic E-state index is -0.962. The van der Waals surface area contributed by atoms with Gasteiger partial charge in [-0.05, 0) is 35.9 Å². The highest BCUT2D eigenvalue weighted by molar-refractivity contribution is 5.92. The number of nitrogens with one attached hydrogen (secondary N) is 2. The van der Waals surface area contributed by atoms with Crippen molar-refractivity contribution < 1.29 is 19.4 Å². The molecule has 4 rings (SSSR count). The first kappa shape index (κ1) is 13.4. The topological polar surface area (TPSA) is 96.5 Å². The zero-order valence-electron chi connectivity index (χ0n) is 12.0. The molecule has 0 fully saturated rings. The second-order valence-electron chi connectivity index (χ2n) is 5.16. The molecule has 0 saturated heterocycles. The standard InChI is InChI=1S/C16H13N3O4/c20-15(21)10-2-3-11-12(6-10)19-16(18-11)17-7-9-1-4-13-14(5-9)23-8-22-13/h1-6H,7-8H2,(H,20,21)(H2,17,18,19). The zero-order valence-corrected chi connectivity index (χ0v) is 12.0. The number of nitrogens with zero attached hydrogens (tertiary/aromatic N) is 1. The van der Waals surface area contributed by atoms with Crippen molar-refractivity contribution in [3.8, 4) is 11.5 Å². The van der Waals surface area contributed by atoms with E-state index >= 15 is 0 Å². The van der Waals surface area contributed by atoms with E-state index in [-0.39, 0.29) is 12.4 Å². The summed E-state index contributed by atoms with van der Waals surface area (Å²) in [4.78, 5) is 18.4. The Balaban J connectivity index is 1.52. The number of aromatic amines is 1. The Hall–Kier alpha value is -3.22. The molecule has 0 bridgehead atoms. The van der Waals surface area contributed by atoms with Gasteiger partial charge < -0.3 is 24.9 Å². The minimum Gasteiger partial charge on any atom is -0.478 e. The van der Waals surface area contributed by atoms with Gasteiger partial charge in [0.2, 0.25) is 12.7 Å². The fraction of sp³-hybridized carbons (Fsp3) is 0.125. The number of rotatable bonds is 4. The van der Waals surface area contributed by atoms with E-state index in [1.807, 2.05) is 18.2 Å². The monoisotopic (exact) mass is 311 g/mol. The van der Waals surface area contributed by atoms with Crippen molar-refractivity contribution in [2.24, 2.45) is 0 Å². The first-order valence-electron chi connectivity index (χ1n) is 7.04. The SMILES string of the molecule is O=C(O)c1ccc2nc(NCc3ccc4c(c3)OCO4)[nH]c2c1. The van der Waals surface area contributed by atoms with Crippen LogP contribution in [0.3, 0.4) is 0 Å². The van der Waals surface area contributed by atoms with E-state index in [1.165, 1.54) is 6.07 Å². The third kappa shape index (κ3) is 2.52. The zero-order chi connectivity index (χ0) is 15.8. The van der Waals surface area contributed by atoms with Gasteiger partial charge in [-0.2, -0.15) is 0 Å². The summed E-state index contributed by atoms with van der Waals surface area (Å²) in [6.07, 6.45) is 0. The molecule has 0 radical (unpaired) electrons. The highest BCUT2D eigenvalue weighted by atomic mass is 16.7. The molecule has 2 aromatic carbocycles. The largest absolute Gasteiger partial charge is 0.478 e. The van der Waals surface area contributed by atoms with E-state index in [1.54, 1.807) is 12.1 Å². The van der Waals surface area contributed by atoms with Gasteiger partial charge >= 0.3 is 5.97 Å². The normalized spacial score (nSPS) is 12.5. The van der Waals surface area contributed by atoms with Gasteiger partial charge in [-0.25, -0.2) is 9.78 Å². The molecule has 1 aliphatic rings. The predicted octanol–water partition coefficient (Wildman–Crippen LogP) is 2.60. The molecule has 7 heteroatoms. The van der Waals surface area contributed by atoms with E-state index in [9.17, 15) is 4.79 Å². The summed E-state index contributed by atoms with van der Waals surface area (Å²) < 4.78 is 10.6. The number of hydrogen-bond donors (Lipinski definition) is 3. The van der Waals surface area contributed by atoms with E-state index in [0.717, 1.165) is 17.1 Å². The van der Waals surface area contributed by atoms with Crippen molar-refractivity contribution in [1.82, 2.24) is 9.97 Å². The number of carbonyl (C=O) groups is 1. The first-order chi connectivity index (χ1) is 11.2. The second-order valence-corrected chi connectivity index (χ2v) is 5.16. The van der Waals surface area contributed by atoms with Crippen LogP contribution in [-0.4, -0.2) is 27.8 Å². The molecule has 1 aromatic heterocycles. The van der Waals surface area contributed by atoms with Crippen LogP contribution in [-0.2, 0) is 6.54 Å². The summed E-state index contributed by atoms with van der Waals surface area (Å²) in [5.74, 6) is 1.11. The lowest BCUT2D eigenvalue weighted by molar-refractivity contribution is 0.0697. The van der Waals surface area contributed by atoms with Gasteiger partial charge in [0.15, 0.2) is 11.5 Å².